The van der Waals surface area contributed by atoms with E-state index in [1.54, 1.807) is 6.07 Å². The van der Waals surface area contributed by atoms with Crippen LogP contribution in [0.3, 0.4) is 0 Å². The average molecular weight is 359 g/mol. The Morgan fingerprint density at radius 2 is 2.00 bits per heavy atom. The third kappa shape index (κ3) is 6.58. The largest absolute Gasteiger partial charge is 0.444 e. The van der Waals surface area contributed by atoms with Gasteiger partial charge in [-0.05, 0) is 57.2 Å². The minimum absolute atomic E-state index is 0.0904. The first-order valence-electron chi connectivity index (χ1n) is 7.89. The molecule has 1 amide bonds. The molecule has 2 N–H and O–H groups in total. The Balaban J connectivity index is 1.81. The molecule has 1 saturated carbocycles. The first-order chi connectivity index (χ1) is 10.7. The molecule has 1 unspecified atom stereocenters. The third-order valence-electron chi connectivity index (χ3n) is 3.57. The maximum atomic E-state index is 11.9. The smallest absolute Gasteiger partial charge is 0.407 e. The summed E-state index contributed by atoms with van der Waals surface area (Å²) in [4.78, 5) is 11.9. The van der Waals surface area contributed by atoms with Crippen molar-refractivity contribution in [3.63, 3.8) is 0 Å². The van der Waals surface area contributed by atoms with Crippen LogP contribution in [0.2, 0.25) is 10.0 Å². The molecule has 0 aromatic heterocycles. The van der Waals surface area contributed by atoms with Gasteiger partial charge < -0.3 is 15.4 Å². The molecule has 128 valence electrons. The van der Waals surface area contributed by atoms with E-state index in [-0.39, 0.29) is 12.1 Å². The zero-order valence-corrected chi connectivity index (χ0v) is 15.3. The van der Waals surface area contributed by atoms with Gasteiger partial charge >= 0.3 is 6.09 Å². The molecule has 0 spiro atoms. The molecule has 2 rings (SSSR count). The van der Waals surface area contributed by atoms with Gasteiger partial charge in [-0.25, -0.2) is 4.79 Å². The number of benzene rings is 1. The van der Waals surface area contributed by atoms with Gasteiger partial charge in [0.05, 0.1) is 10.0 Å². The quantitative estimate of drug-likeness (QED) is 0.792. The Bertz CT molecular complexity index is 554. The maximum absolute atomic E-state index is 11.9. The number of alkyl carbamates (subject to hydrolysis) is 1. The molecular formula is C17H24Cl2N2O2. The monoisotopic (exact) mass is 358 g/mol. The van der Waals surface area contributed by atoms with Crippen molar-refractivity contribution in [3.8, 4) is 0 Å². The minimum atomic E-state index is -0.480. The molecule has 23 heavy (non-hydrogen) atoms. The Morgan fingerprint density at radius 3 is 2.57 bits per heavy atom. The van der Waals surface area contributed by atoms with Crippen molar-refractivity contribution < 1.29 is 9.53 Å². The van der Waals surface area contributed by atoms with Gasteiger partial charge in [0.1, 0.15) is 5.60 Å². The van der Waals surface area contributed by atoms with Gasteiger partial charge in [-0.3, -0.25) is 0 Å². The molecule has 1 aliphatic rings. The molecule has 0 aliphatic heterocycles. The molecule has 0 bridgehead atoms. The fourth-order valence-corrected chi connectivity index (χ4v) is 2.64. The predicted octanol–water partition coefficient (Wildman–Crippen LogP) is 4.39. The molecular weight excluding hydrogens is 335 g/mol. The number of carbonyl (C=O) groups excluding carboxylic acids is 1. The van der Waals surface area contributed by atoms with Crippen molar-refractivity contribution in [2.45, 2.75) is 51.8 Å². The van der Waals surface area contributed by atoms with Gasteiger partial charge in [-0.2, -0.15) is 0 Å². The molecule has 6 heteroatoms. The summed E-state index contributed by atoms with van der Waals surface area (Å²) in [5.41, 5.74) is 0.581. The fourth-order valence-electron chi connectivity index (χ4n) is 2.31. The van der Waals surface area contributed by atoms with Gasteiger partial charge in [0.2, 0.25) is 0 Å². The van der Waals surface area contributed by atoms with Gasteiger partial charge in [0, 0.05) is 19.1 Å². The molecule has 0 saturated heterocycles. The Hall–Kier alpha value is -0.970. The lowest BCUT2D eigenvalue weighted by atomic mass is 10.1. The van der Waals surface area contributed by atoms with Crippen molar-refractivity contribution in [3.05, 3.63) is 33.8 Å². The van der Waals surface area contributed by atoms with Gasteiger partial charge in [-0.15, -0.1) is 0 Å². The van der Waals surface area contributed by atoms with Crippen molar-refractivity contribution in [1.82, 2.24) is 10.6 Å². The molecule has 1 aromatic carbocycles. The van der Waals surface area contributed by atoms with Crippen molar-refractivity contribution in [2.24, 2.45) is 5.92 Å². The summed E-state index contributed by atoms with van der Waals surface area (Å²) in [5, 5.41) is 7.44. The van der Waals surface area contributed by atoms with Crippen LogP contribution in [0.5, 0.6) is 0 Å². The van der Waals surface area contributed by atoms with Crippen molar-refractivity contribution in [2.75, 3.05) is 6.54 Å². The van der Waals surface area contributed by atoms with Crippen LogP contribution in [0.25, 0.3) is 0 Å². The number of hydrogen-bond acceptors (Lipinski definition) is 3. The lowest BCUT2D eigenvalue weighted by Crippen LogP contribution is -2.45. The molecule has 0 heterocycles. The highest BCUT2D eigenvalue weighted by atomic mass is 35.5. The van der Waals surface area contributed by atoms with Crippen molar-refractivity contribution in [1.29, 1.82) is 0 Å². The second-order valence-electron chi connectivity index (χ2n) is 6.97. The number of rotatable bonds is 6. The normalized spacial score (nSPS) is 16.0. The van der Waals surface area contributed by atoms with E-state index in [2.05, 4.69) is 10.6 Å². The van der Waals surface area contributed by atoms with E-state index in [1.165, 1.54) is 0 Å². The summed E-state index contributed by atoms with van der Waals surface area (Å²) < 4.78 is 5.33. The van der Waals surface area contributed by atoms with E-state index >= 15 is 0 Å². The van der Waals surface area contributed by atoms with Gasteiger partial charge in [0.15, 0.2) is 0 Å². The third-order valence-corrected chi connectivity index (χ3v) is 4.31. The Labute approximate surface area is 147 Å². The second kappa shape index (κ2) is 7.73. The summed E-state index contributed by atoms with van der Waals surface area (Å²) in [7, 11) is 0. The topological polar surface area (TPSA) is 50.4 Å². The first-order valence-corrected chi connectivity index (χ1v) is 8.64. The van der Waals surface area contributed by atoms with Crippen LogP contribution in [0.15, 0.2) is 18.2 Å². The zero-order chi connectivity index (χ0) is 17.0. The number of nitrogens with one attached hydrogen (secondary N) is 2. The van der Waals surface area contributed by atoms with E-state index in [4.69, 9.17) is 27.9 Å². The molecule has 1 atom stereocenters. The van der Waals surface area contributed by atoms with Crippen LogP contribution in [0, 0.1) is 5.92 Å². The molecule has 1 fully saturated rings. The summed E-state index contributed by atoms with van der Waals surface area (Å²) in [6.07, 6.45) is 1.94. The Kier molecular flexibility index (Phi) is 6.18. The number of carbonyl (C=O) groups is 1. The predicted molar refractivity (Wildman–Crippen MR) is 94.1 cm³/mol. The van der Waals surface area contributed by atoms with Crippen LogP contribution in [-0.4, -0.2) is 24.3 Å². The molecule has 4 nitrogen and oxygen atoms in total. The highest BCUT2D eigenvalue weighted by molar-refractivity contribution is 6.42. The summed E-state index contributed by atoms with van der Waals surface area (Å²) in [6.45, 7) is 6.96. The highest BCUT2D eigenvalue weighted by Gasteiger charge is 2.33. The average Bonchev–Trinajstić information content (AvgIpc) is 3.24. The van der Waals surface area contributed by atoms with Crippen LogP contribution in [-0.2, 0) is 11.3 Å². The summed E-state index contributed by atoms with van der Waals surface area (Å²) in [5.74, 6) is 0.531. The zero-order valence-electron chi connectivity index (χ0n) is 13.8. The first kappa shape index (κ1) is 18.4. The molecule has 0 radical (unpaired) electrons. The van der Waals surface area contributed by atoms with Gasteiger partial charge in [0.25, 0.3) is 0 Å². The number of halogens is 2. The summed E-state index contributed by atoms with van der Waals surface area (Å²) in [6, 6.07) is 5.67. The van der Waals surface area contributed by atoms with Crippen LogP contribution in [0.1, 0.15) is 39.2 Å². The number of hydrogen-bond donors (Lipinski definition) is 2. The molecule has 1 aromatic rings. The van der Waals surface area contributed by atoms with Crippen molar-refractivity contribution >= 4 is 29.3 Å². The van der Waals surface area contributed by atoms with E-state index in [0.717, 1.165) is 18.4 Å². The van der Waals surface area contributed by atoms with Crippen LogP contribution in [0.4, 0.5) is 4.79 Å². The Morgan fingerprint density at radius 1 is 1.30 bits per heavy atom. The number of amides is 1. The van der Waals surface area contributed by atoms with E-state index in [1.807, 2.05) is 32.9 Å². The standard InChI is InChI=1S/C17H24Cl2N2O2/c1-17(2,3)23-16(22)21-15(12-5-6-12)10-20-9-11-4-7-13(18)14(19)8-11/h4,7-8,12,15,20H,5-6,9-10H2,1-3H3,(H,21,22). The lowest BCUT2D eigenvalue weighted by Gasteiger charge is -2.24. The number of ether oxygens (including phenoxy) is 1. The van der Waals surface area contributed by atoms with Crippen LogP contribution >= 0.6 is 23.2 Å². The van der Waals surface area contributed by atoms with Crippen LogP contribution < -0.4 is 10.6 Å². The minimum Gasteiger partial charge on any atom is -0.444 e. The summed E-state index contributed by atoms with van der Waals surface area (Å²) >= 11 is 11.9. The highest BCUT2D eigenvalue weighted by Crippen LogP contribution is 2.32. The van der Waals surface area contributed by atoms with E-state index in [0.29, 0.717) is 29.1 Å². The SMILES string of the molecule is CC(C)(C)OC(=O)NC(CNCc1ccc(Cl)c(Cl)c1)C1CC1. The molecule has 1 aliphatic carbocycles. The van der Waals surface area contributed by atoms with E-state index < -0.39 is 5.60 Å². The maximum Gasteiger partial charge on any atom is 0.407 e. The lowest BCUT2D eigenvalue weighted by molar-refractivity contribution is 0.0497. The fraction of sp³-hybridized carbons (Fsp3) is 0.588. The van der Waals surface area contributed by atoms with Gasteiger partial charge in [-0.1, -0.05) is 29.3 Å². The van der Waals surface area contributed by atoms with E-state index in [9.17, 15) is 4.79 Å². The second-order valence-corrected chi connectivity index (χ2v) is 7.78.